The topological polar surface area (TPSA) is 6.48 Å². The molecule has 9 aromatic carbocycles. The third-order valence-corrected chi connectivity index (χ3v) is 20.1. The lowest BCUT2D eigenvalue weighted by molar-refractivity contribution is 0.332. The Morgan fingerprint density at radius 2 is 0.863 bits per heavy atom. The van der Waals surface area contributed by atoms with Crippen molar-refractivity contribution in [3.63, 3.8) is 0 Å². The van der Waals surface area contributed by atoms with Gasteiger partial charge in [0.05, 0.1) is 5.69 Å². The van der Waals surface area contributed by atoms with Crippen LogP contribution in [0, 0.1) is 6.85 Å². The predicted molar refractivity (Wildman–Crippen MR) is 344 cm³/mol. The lowest BCUT2D eigenvalue weighted by Crippen LogP contribution is -2.62. The molecular formula is C77H79BN2. The molecule has 4 aliphatic rings. The van der Waals surface area contributed by atoms with Gasteiger partial charge in [-0.25, -0.2) is 0 Å². The molecule has 0 aromatic heterocycles. The SMILES string of the molecule is [2H]C([2H])([2H])c1cc2c3c(c1)N(c1ccc(C(C)(C)c4ccccc4)cc1-c1cccc(-c4ccccc4)c1)c1ccc(C(C)(C)c4ccccc4)cc1B3c1cc3c(cc1N2c1ccc2c(c1)C(C)(C)CCC2(C)C)C(C)(C)CCC3(C)C. The van der Waals surface area contributed by atoms with E-state index in [1.165, 1.54) is 55.4 Å². The molecule has 9 aromatic rings. The first-order valence-corrected chi connectivity index (χ1v) is 29.4. The van der Waals surface area contributed by atoms with E-state index in [1.807, 2.05) is 12.1 Å². The maximum Gasteiger partial charge on any atom is 0.252 e. The summed E-state index contributed by atoms with van der Waals surface area (Å²) >= 11 is 0. The van der Waals surface area contributed by atoms with Crippen molar-refractivity contribution in [2.24, 2.45) is 0 Å². The second-order valence-corrected chi connectivity index (χ2v) is 27.7. The van der Waals surface area contributed by atoms with Gasteiger partial charge in [0.15, 0.2) is 0 Å². The molecule has 0 unspecified atom stereocenters. The van der Waals surface area contributed by atoms with Gasteiger partial charge in [0.1, 0.15) is 0 Å². The van der Waals surface area contributed by atoms with Crippen LogP contribution in [0.5, 0.6) is 0 Å². The van der Waals surface area contributed by atoms with Crippen molar-refractivity contribution in [2.75, 3.05) is 9.80 Å². The maximum atomic E-state index is 9.44. The number of hydrogen-bond donors (Lipinski definition) is 0. The lowest BCUT2D eigenvalue weighted by atomic mass is 9.33. The number of benzene rings is 9. The largest absolute Gasteiger partial charge is 0.311 e. The second-order valence-electron chi connectivity index (χ2n) is 27.7. The van der Waals surface area contributed by atoms with E-state index < -0.39 is 6.85 Å². The van der Waals surface area contributed by atoms with Crippen LogP contribution < -0.4 is 26.2 Å². The van der Waals surface area contributed by atoms with Crippen LogP contribution in [0.2, 0.25) is 0 Å². The standard InChI is InChI=1S/C77H79BN2/c1-50-42-69-71-70(43-50)80(66-36-32-56(76(10,11)54-28-19-15-20-29-54)45-59(66)53-27-23-26-52(44-53)51-24-17-14-18-25-51)67-37-33-57(77(12,13)55-30-21-16-22-31-55)46-64(67)78(71)65-48-62-63(75(8,9)41-40-74(62,6)7)49-68(65)79(69)58-34-35-60-61(47-58)73(4,5)39-38-72(60,2)3/h14-37,42-49H,38-41H2,1-13H3/i1D3. The fourth-order valence-electron chi connectivity index (χ4n) is 14.6. The predicted octanol–water partition coefficient (Wildman–Crippen LogP) is 18.8. The highest BCUT2D eigenvalue weighted by atomic mass is 15.2. The molecule has 2 aliphatic heterocycles. The van der Waals surface area contributed by atoms with E-state index in [4.69, 9.17) is 0 Å². The quantitative estimate of drug-likeness (QED) is 0.140. The summed E-state index contributed by atoms with van der Waals surface area (Å²) in [7, 11) is 0. The minimum absolute atomic E-state index is 0.0168. The zero-order valence-corrected chi connectivity index (χ0v) is 49.3. The Bertz CT molecular complexity index is 4040. The third-order valence-electron chi connectivity index (χ3n) is 20.1. The molecule has 0 atom stereocenters. The molecule has 400 valence electrons. The molecular weight excluding hydrogens is 964 g/mol. The van der Waals surface area contributed by atoms with E-state index in [0.29, 0.717) is 5.56 Å². The molecule has 3 heteroatoms. The molecule has 0 amide bonds. The molecule has 80 heavy (non-hydrogen) atoms. The Balaban J connectivity index is 1.17. The molecule has 0 spiro atoms. The van der Waals surface area contributed by atoms with E-state index in [9.17, 15) is 4.11 Å². The van der Waals surface area contributed by atoms with Crippen molar-refractivity contribution < 1.29 is 4.11 Å². The van der Waals surface area contributed by atoms with E-state index in [1.54, 1.807) is 0 Å². The van der Waals surface area contributed by atoms with E-state index in [-0.39, 0.29) is 39.2 Å². The molecule has 13 rings (SSSR count). The summed E-state index contributed by atoms with van der Waals surface area (Å²) in [6.45, 7) is 26.0. The molecule has 0 bridgehead atoms. The van der Waals surface area contributed by atoms with Gasteiger partial charge >= 0.3 is 0 Å². The van der Waals surface area contributed by atoms with Crippen molar-refractivity contribution in [3.05, 3.63) is 244 Å². The van der Waals surface area contributed by atoms with Crippen molar-refractivity contribution in [2.45, 2.75) is 148 Å². The minimum Gasteiger partial charge on any atom is -0.311 e. The van der Waals surface area contributed by atoms with Gasteiger partial charge in [0.25, 0.3) is 6.71 Å². The minimum atomic E-state index is -2.43. The Labute approximate surface area is 483 Å². The van der Waals surface area contributed by atoms with Crippen molar-refractivity contribution in [1.29, 1.82) is 0 Å². The number of hydrogen-bond acceptors (Lipinski definition) is 2. The first kappa shape index (κ1) is 48.5. The fourth-order valence-corrected chi connectivity index (χ4v) is 14.6. The summed E-state index contributed by atoms with van der Waals surface area (Å²) in [4.78, 5) is 4.95. The third kappa shape index (κ3) is 8.26. The van der Waals surface area contributed by atoms with Crippen LogP contribution in [0.4, 0.5) is 34.1 Å². The van der Waals surface area contributed by atoms with Crippen LogP contribution in [0.1, 0.15) is 163 Å². The van der Waals surface area contributed by atoms with Gasteiger partial charge in [-0.05, 0) is 192 Å². The molecule has 2 nitrogen and oxygen atoms in total. The molecule has 0 fully saturated rings. The summed E-state index contributed by atoms with van der Waals surface area (Å²) in [5, 5.41) is 0. The smallest absolute Gasteiger partial charge is 0.252 e. The van der Waals surface area contributed by atoms with Gasteiger partial charge in [-0.15, -0.1) is 0 Å². The summed E-state index contributed by atoms with van der Waals surface area (Å²) in [6, 6.07) is 72.1. The summed E-state index contributed by atoms with van der Waals surface area (Å²) in [5.74, 6) is 0. The summed E-state index contributed by atoms with van der Waals surface area (Å²) in [5.41, 5.74) is 24.0. The fraction of sp³-hybridized carbons (Fsp3) is 0.299. The highest BCUT2D eigenvalue weighted by Crippen LogP contribution is 2.54. The normalized spacial score (nSPS) is 17.9. The van der Waals surface area contributed by atoms with E-state index in [0.717, 1.165) is 87.5 Å². The number of rotatable bonds is 8. The molecule has 2 aliphatic carbocycles. The highest BCUT2D eigenvalue weighted by molar-refractivity contribution is 7.00. The number of fused-ring (bicyclic) bond motifs is 6. The van der Waals surface area contributed by atoms with Gasteiger partial charge in [-0.1, -0.05) is 223 Å². The van der Waals surface area contributed by atoms with Crippen molar-refractivity contribution in [3.8, 4) is 22.3 Å². The number of aryl methyl sites for hydroxylation is 1. The first-order valence-electron chi connectivity index (χ1n) is 30.9. The lowest BCUT2D eigenvalue weighted by Gasteiger charge is -2.48. The van der Waals surface area contributed by atoms with Gasteiger partial charge in [-0.2, -0.15) is 0 Å². The molecule has 2 heterocycles. The van der Waals surface area contributed by atoms with E-state index >= 15 is 0 Å². The van der Waals surface area contributed by atoms with Crippen LogP contribution >= 0.6 is 0 Å². The van der Waals surface area contributed by atoms with Gasteiger partial charge < -0.3 is 9.80 Å². The van der Waals surface area contributed by atoms with Gasteiger partial charge in [-0.3, -0.25) is 0 Å². The monoisotopic (exact) mass is 1050 g/mol. The highest BCUT2D eigenvalue weighted by Gasteiger charge is 2.48. The van der Waals surface area contributed by atoms with Crippen LogP contribution in [-0.2, 0) is 32.5 Å². The second kappa shape index (κ2) is 18.3. The van der Waals surface area contributed by atoms with Crippen LogP contribution in [-0.4, -0.2) is 6.71 Å². The van der Waals surface area contributed by atoms with Crippen molar-refractivity contribution >= 4 is 57.2 Å². The number of anilines is 6. The molecule has 0 N–H and O–H groups in total. The average Bonchev–Trinajstić information content (AvgIpc) is 1.18. The number of nitrogens with zero attached hydrogens (tertiary/aromatic N) is 2. The average molecular weight is 1050 g/mol. The van der Waals surface area contributed by atoms with Crippen molar-refractivity contribution in [1.82, 2.24) is 0 Å². The zero-order valence-electron chi connectivity index (χ0n) is 52.3. The van der Waals surface area contributed by atoms with Crippen LogP contribution in [0.25, 0.3) is 22.3 Å². The summed E-state index contributed by atoms with van der Waals surface area (Å²) < 4.78 is 28.3. The van der Waals surface area contributed by atoms with Gasteiger partial charge in [0.2, 0.25) is 0 Å². The molecule has 0 radical (unpaired) electrons. The van der Waals surface area contributed by atoms with Crippen LogP contribution in [0.15, 0.2) is 194 Å². The Morgan fingerprint density at radius 1 is 0.375 bits per heavy atom. The molecule has 0 saturated heterocycles. The Hall–Kier alpha value is -7.36. The van der Waals surface area contributed by atoms with Gasteiger partial charge in [0, 0.05) is 48.9 Å². The van der Waals surface area contributed by atoms with Crippen LogP contribution in [0.3, 0.4) is 0 Å². The molecule has 0 saturated carbocycles. The maximum absolute atomic E-state index is 9.44. The Morgan fingerprint density at radius 3 is 1.46 bits per heavy atom. The van der Waals surface area contributed by atoms with E-state index in [2.05, 4.69) is 275 Å². The Kier molecular flexibility index (Phi) is 11.1. The summed E-state index contributed by atoms with van der Waals surface area (Å²) in [6.07, 6.45) is 4.37. The zero-order chi connectivity index (χ0) is 58.4. The first-order chi connectivity index (χ1) is 39.3.